The van der Waals surface area contributed by atoms with Crippen molar-refractivity contribution in [3.8, 4) is 0 Å². The first-order chi connectivity index (χ1) is 8.99. The molecule has 0 aliphatic heterocycles. The number of halogens is 1. The highest BCUT2D eigenvalue weighted by Gasteiger charge is 2.16. The van der Waals surface area contributed by atoms with E-state index >= 15 is 0 Å². The summed E-state index contributed by atoms with van der Waals surface area (Å²) in [4.78, 5) is 30.5. The number of amides is 1. The number of hydrogen-bond acceptors (Lipinski definition) is 3. The van der Waals surface area contributed by atoms with Crippen LogP contribution in [-0.2, 0) is 0 Å². The van der Waals surface area contributed by atoms with Crippen LogP contribution in [0.5, 0.6) is 0 Å². The number of aromatic amines is 1. The summed E-state index contributed by atoms with van der Waals surface area (Å²) < 4.78 is 0.748. The van der Waals surface area contributed by atoms with Crippen LogP contribution in [0.25, 0.3) is 0 Å². The van der Waals surface area contributed by atoms with Gasteiger partial charge in [0.2, 0.25) is 0 Å². The number of carbonyl (C=O) groups is 1. The molecule has 1 aromatic carbocycles. The molecule has 2 N–H and O–H groups in total. The number of aromatic nitrogens is 2. The van der Waals surface area contributed by atoms with E-state index in [0.29, 0.717) is 17.2 Å². The van der Waals surface area contributed by atoms with Crippen LogP contribution >= 0.6 is 15.9 Å². The molecule has 0 bridgehead atoms. The van der Waals surface area contributed by atoms with E-state index in [1.165, 1.54) is 0 Å². The van der Waals surface area contributed by atoms with E-state index in [1.807, 2.05) is 6.07 Å². The van der Waals surface area contributed by atoms with Gasteiger partial charge in [-0.15, -0.1) is 0 Å². The van der Waals surface area contributed by atoms with Crippen molar-refractivity contribution < 1.29 is 4.79 Å². The maximum absolute atomic E-state index is 12.1. The second-order valence-corrected chi connectivity index (χ2v) is 4.90. The van der Waals surface area contributed by atoms with Crippen molar-refractivity contribution in [3.05, 3.63) is 56.2 Å². The third kappa shape index (κ3) is 2.90. The van der Waals surface area contributed by atoms with Gasteiger partial charge in [0.25, 0.3) is 11.5 Å². The molecule has 19 heavy (non-hydrogen) atoms. The Kier molecular flexibility index (Phi) is 3.80. The van der Waals surface area contributed by atoms with E-state index in [1.54, 1.807) is 32.0 Å². The van der Waals surface area contributed by atoms with Crippen molar-refractivity contribution in [1.82, 2.24) is 9.97 Å². The fraction of sp³-hybridized carbons (Fsp3) is 0.154. The van der Waals surface area contributed by atoms with Gasteiger partial charge in [0.1, 0.15) is 11.4 Å². The van der Waals surface area contributed by atoms with Crippen LogP contribution in [0.1, 0.15) is 21.9 Å². The monoisotopic (exact) mass is 321 g/mol. The van der Waals surface area contributed by atoms with Gasteiger partial charge >= 0.3 is 0 Å². The zero-order chi connectivity index (χ0) is 14.0. The number of carbonyl (C=O) groups excluding carboxylic acids is 1. The minimum Gasteiger partial charge on any atom is -0.321 e. The molecule has 6 heteroatoms. The summed E-state index contributed by atoms with van der Waals surface area (Å²) in [6, 6.07) is 7.18. The molecule has 0 fully saturated rings. The van der Waals surface area contributed by atoms with Gasteiger partial charge in [-0.25, -0.2) is 4.98 Å². The fourth-order valence-corrected chi connectivity index (χ4v) is 2.13. The number of rotatable bonds is 2. The molecular weight excluding hydrogens is 310 g/mol. The highest BCUT2D eigenvalue weighted by molar-refractivity contribution is 9.10. The molecule has 0 saturated carbocycles. The Hall–Kier alpha value is -1.95. The number of hydrogen-bond donors (Lipinski definition) is 2. The largest absolute Gasteiger partial charge is 0.321 e. The molecule has 2 rings (SSSR count). The van der Waals surface area contributed by atoms with Crippen molar-refractivity contribution in [2.24, 2.45) is 0 Å². The Bertz CT molecular complexity index is 695. The average Bonchev–Trinajstić information content (AvgIpc) is 2.30. The minimum atomic E-state index is -0.474. The predicted molar refractivity (Wildman–Crippen MR) is 76.4 cm³/mol. The molecule has 5 nitrogen and oxygen atoms in total. The van der Waals surface area contributed by atoms with Gasteiger partial charge in [0.05, 0.1) is 11.4 Å². The summed E-state index contributed by atoms with van der Waals surface area (Å²) in [5.41, 5.74) is 0.605. The molecule has 1 aromatic heterocycles. The SMILES string of the molecule is Cc1nc(C)c(C(=O)Nc2ccccc2Br)c(=O)[nH]1. The lowest BCUT2D eigenvalue weighted by Gasteiger charge is -2.08. The summed E-state index contributed by atoms with van der Waals surface area (Å²) in [6.45, 7) is 3.31. The van der Waals surface area contributed by atoms with E-state index in [0.717, 1.165) is 4.47 Å². The Morgan fingerprint density at radius 2 is 2.00 bits per heavy atom. The predicted octanol–water partition coefficient (Wildman–Crippen LogP) is 2.40. The summed E-state index contributed by atoms with van der Waals surface area (Å²) in [6.07, 6.45) is 0. The Labute approximate surface area is 118 Å². The molecule has 0 aliphatic rings. The molecular formula is C13H12BrN3O2. The van der Waals surface area contributed by atoms with E-state index in [2.05, 4.69) is 31.2 Å². The maximum Gasteiger partial charge on any atom is 0.264 e. The van der Waals surface area contributed by atoms with E-state index in [-0.39, 0.29) is 5.56 Å². The first-order valence-electron chi connectivity index (χ1n) is 5.62. The fourth-order valence-electron chi connectivity index (χ4n) is 1.74. The number of nitrogens with one attached hydrogen (secondary N) is 2. The van der Waals surface area contributed by atoms with Crippen LogP contribution in [0.15, 0.2) is 33.5 Å². The molecule has 0 saturated heterocycles. The van der Waals surface area contributed by atoms with Gasteiger partial charge in [-0.1, -0.05) is 12.1 Å². The number of anilines is 1. The number of H-pyrrole nitrogens is 1. The minimum absolute atomic E-state index is 0.0290. The molecule has 0 radical (unpaired) electrons. The highest BCUT2D eigenvalue weighted by atomic mass is 79.9. The number of aryl methyl sites for hydroxylation is 2. The van der Waals surface area contributed by atoms with Crippen LogP contribution in [0.3, 0.4) is 0 Å². The third-order valence-corrected chi connectivity index (χ3v) is 3.26. The smallest absolute Gasteiger partial charge is 0.264 e. The summed E-state index contributed by atoms with van der Waals surface area (Å²) in [5.74, 6) is 0.0121. The highest BCUT2D eigenvalue weighted by Crippen LogP contribution is 2.21. The molecule has 2 aromatic rings. The second-order valence-electron chi connectivity index (χ2n) is 4.05. The maximum atomic E-state index is 12.1. The van der Waals surface area contributed by atoms with E-state index in [4.69, 9.17) is 0 Å². The molecule has 0 aliphatic carbocycles. The van der Waals surface area contributed by atoms with Crippen molar-refractivity contribution in [3.63, 3.8) is 0 Å². The molecule has 1 heterocycles. The zero-order valence-corrected chi connectivity index (χ0v) is 12.0. The summed E-state index contributed by atoms with van der Waals surface area (Å²) in [5, 5.41) is 2.68. The van der Waals surface area contributed by atoms with Crippen LogP contribution in [-0.4, -0.2) is 15.9 Å². The average molecular weight is 322 g/mol. The van der Waals surface area contributed by atoms with Crippen molar-refractivity contribution in [2.45, 2.75) is 13.8 Å². The first-order valence-corrected chi connectivity index (χ1v) is 6.41. The lowest BCUT2D eigenvalue weighted by Crippen LogP contribution is -2.26. The van der Waals surface area contributed by atoms with Crippen molar-refractivity contribution >= 4 is 27.5 Å². The molecule has 0 atom stereocenters. The summed E-state index contributed by atoms with van der Waals surface area (Å²) in [7, 11) is 0. The normalized spacial score (nSPS) is 10.3. The lowest BCUT2D eigenvalue weighted by atomic mass is 10.2. The Morgan fingerprint density at radius 1 is 1.32 bits per heavy atom. The number of benzene rings is 1. The van der Waals surface area contributed by atoms with E-state index in [9.17, 15) is 9.59 Å². The summed E-state index contributed by atoms with van der Waals surface area (Å²) >= 11 is 3.33. The molecule has 0 spiro atoms. The van der Waals surface area contributed by atoms with Crippen molar-refractivity contribution in [2.75, 3.05) is 5.32 Å². The standard InChI is InChI=1S/C13H12BrN3O2/c1-7-11(12(18)16-8(2)15-7)13(19)17-10-6-4-3-5-9(10)14/h3-6H,1-2H3,(H,17,19)(H,15,16,18). The molecule has 1 amide bonds. The van der Waals surface area contributed by atoms with Crippen molar-refractivity contribution in [1.29, 1.82) is 0 Å². The van der Waals surface area contributed by atoms with Gasteiger partial charge < -0.3 is 10.3 Å². The first kappa shape index (κ1) is 13.5. The van der Waals surface area contributed by atoms with Crippen LogP contribution in [0.2, 0.25) is 0 Å². The van der Waals surface area contributed by atoms with Gasteiger partial charge in [-0.05, 0) is 41.9 Å². The van der Waals surface area contributed by atoms with E-state index < -0.39 is 11.5 Å². The van der Waals surface area contributed by atoms with Crippen LogP contribution in [0.4, 0.5) is 5.69 Å². The zero-order valence-electron chi connectivity index (χ0n) is 10.5. The van der Waals surface area contributed by atoms with Crippen LogP contribution in [0, 0.1) is 13.8 Å². The van der Waals surface area contributed by atoms with Gasteiger partial charge in [-0.3, -0.25) is 9.59 Å². The number of para-hydroxylation sites is 1. The topological polar surface area (TPSA) is 74.8 Å². The van der Waals surface area contributed by atoms with Gasteiger partial charge in [-0.2, -0.15) is 0 Å². The van der Waals surface area contributed by atoms with Gasteiger partial charge in [0.15, 0.2) is 0 Å². The molecule has 0 unspecified atom stereocenters. The molecule has 98 valence electrons. The van der Waals surface area contributed by atoms with Gasteiger partial charge in [0, 0.05) is 4.47 Å². The second kappa shape index (κ2) is 5.36. The quantitative estimate of drug-likeness (QED) is 0.891. The third-order valence-electron chi connectivity index (χ3n) is 2.57. The number of nitrogens with zero attached hydrogens (tertiary/aromatic N) is 1. The Balaban J connectivity index is 2.37. The van der Waals surface area contributed by atoms with Crippen LogP contribution < -0.4 is 10.9 Å². The Morgan fingerprint density at radius 3 is 2.63 bits per heavy atom. The lowest BCUT2D eigenvalue weighted by molar-refractivity contribution is 0.102.